The molecule has 2 N–H and O–H groups in total. The van der Waals surface area contributed by atoms with Crippen molar-refractivity contribution in [1.29, 1.82) is 0 Å². The van der Waals surface area contributed by atoms with Crippen molar-refractivity contribution in [3.05, 3.63) is 0 Å². The first kappa shape index (κ1) is 19.6. The van der Waals surface area contributed by atoms with Crippen LogP contribution in [0.1, 0.15) is 13.8 Å². The molecule has 0 spiro atoms. The van der Waals surface area contributed by atoms with Crippen LogP contribution in [0.2, 0.25) is 0 Å². The van der Waals surface area contributed by atoms with E-state index in [4.69, 9.17) is 74.3 Å². The molecule has 0 saturated heterocycles. The first-order valence-electron chi connectivity index (χ1n) is 4.67. The van der Waals surface area contributed by atoms with Crippen molar-refractivity contribution in [2.24, 2.45) is 0 Å². The number of hydrogen-bond donors (Lipinski definition) is 2. The number of amides is 2. The first-order valence-corrected chi connectivity index (χ1v) is 6.94. The van der Waals surface area contributed by atoms with E-state index in [1.807, 2.05) is 0 Å². The lowest BCUT2D eigenvalue weighted by Gasteiger charge is -2.32. The molecule has 2 unspecified atom stereocenters. The average molecular weight is 395 g/mol. The van der Waals surface area contributed by atoms with Crippen LogP contribution in [0.3, 0.4) is 0 Å². The van der Waals surface area contributed by atoms with Crippen LogP contribution in [0.25, 0.3) is 0 Å². The number of carbonyl (C=O) groups excluding carboxylic acids is 2. The second kappa shape index (κ2) is 7.59. The highest BCUT2D eigenvalue weighted by atomic mass is 35.6. The van der Waals surface area contributed by atoms with Gasteiger partial charge in [-0.2, -0.15) is 0 Å². The van der Waals surface area contributed by atoms with Gasteiger partial charge in [0.25, 0.3) is 0 Å². The van der Waals surface area contributed by atoms with E-state index >= 15 is 0 Å². The first-order chi connectivity index (χ1) is 8.34. The Kier molecular flexibility index (Phi) is 7.85. The van der Waals surface area contributed by atoms with Crippen LogP contribution in [0, 0.1) is 0 Å². The van der Waals surface area contributed by atoms with Gasteiger partial charge >= 0.3 is 0 Å². The van der Waals surface area contributed by atoms with Crippen LogP contribution in [-0.4, -0.2) is 31.9 Å². The number of rotatable bonds is 4. The molecule has 0 radical (unpaired) electrons. The SMILES string of the molecule is CC(=O)NC(OC(NC(C)=O)C(Cl)(Cl)Cl)C(Cl)(Cl)Cl. The summed E-state index contributed by atoms with van der Waals surface area (Å²) >= 11 is 33.7. The smallest absolute Gasteiger partial charge is 0.234 e. The summed E-state index contributed by atoms with van der Waals surface area (Å²) < 4.78 is 1.09. The summed E-state index contributed by atoms with van der Waals surface area (Å²) in [6.45, 7) is 2.35. The standard InChI is InChI=1S/C8H10Cl6N2O3/c1-3(17)15-5(7(9,10)11)19-6(8(12,13)14)16-4(2)18/h5-6H,1-2H3,(H,15,17)(H,16,18). The van der Waals surface area contributed by atoms with Crippen molar-refractivity contribution in [3.63, 3.8) is 0 Å². The third kappa shape index (κ3) is 8.50. The Labute approximate surface area is 140 Å². The predicted molar refractivity (Wildman–Crippen MR) is 76.9 cm³/mol. The van der Waals surface area contributed by atoms with Crippen LogP contribution < -0.4 is 10.6 Å². The topological polar surface area (TPSA) is 67.4 Å². The highest BCUT2D eigenvalue weighted by molar-refractivity contribution is 6.68. The molecule has 0 bridgehead atoms. The lowest BCUT2D eigenvalue weighted by Crippen LogP contribution is -2.54. The van der Waals surface area contributed by atoms with Crippen LogP contribution in [0.4, 0.5) is 0 Å². The van der Waals surface area contributed by atoms with Gasteiger partial charge in [0.15, 0.2) is 12.5 Å². The summed E-state index contributed by atoms with van der Waals surface area (Å²) in [4.78, 5) is 22.0. The largest absolute Gasteiger partial charge is 0.327 e. The van der Waals surface area contributed by atoms with E-state index < -0.39 is 31.9 Å². The van der Waals surface area contributed by atoms with Gasteiger partial charge in [-0.15, -0.1) is 0 Å². The molecule has 0 saturated carbocycles. The Morgan fingerprint density at radius 2 is 1.11 bits per heavy atom. The van der Waals surface area contributed by atoms with E-state index in [2.05, 4.69) is 10.6 Å². The Morgan fingerprint density at radius 3 is 1.26 bits per heavy atom. The van der Waals surface area contributed by atoms with Gasteiger partial charge in [-0.05, 0) is 0 Å². The number of ether oxygens (including phenoxy) is 1. The summed E-state index contributed by atoms with van der Waals surface area (Å²) in [5.74, 6) is -1.08. The Balaban J connectivity index is 5.03. The minimum absolute atomic E-state index is 0.540. The number of halogens is 6. The van der Waals surface area contributed by atoms with Gasteiger partial charge in [0.1, 0.15) is 0 Å². The number of carbonyl (C=O) groups is 2. The van der Waals surface area contributed by atoms with Crippen LogP contribution in [0.15, 0.2) is 0 Å². The predicted octanol–water partition coefficient (Wildman–Crippen LogP) is 2.67. The molecule has 11 heteroatoms. The third-order valence-corrected chi connectivity index (χ3v) is 2.72. The Bertz CT molecular complexity index is 308. The zero-order chi connectivity index (χ0) is 15.4. The van der Waals surface area contributed by atoms with Gasteiger partial charge in [0.05, 0.1) is 0 Å². The fraction of sp³-hybridized carbons (Fsp3) is 0.750. The molecule has 0 aliphatic heterocycles. The Morgan fingerprint density at radius 1 is 0.842 bits per heavy atom. The van der Waals surface area contributed by atoms with E-state index in [-0.39, 0.29) is 0 Å². The Hall–Kier alpha value is 0.640. The van der Waals surface area contributed by atoms with Gasteiger partial charge < -0.3 is 15.4 Å². The fourth-order valence-electron chi connectivity index (χ4n) is 0.891. The third-order valence-electron chi connectivity index (χ3n) is 1.54. The second-order valence-electron chi connectivity index (χ2n) is 3.38. The summed E-state index contributed by atoms with van der Waals surface area (Å²) in [5.41, 5.74) is 0. The number of nitrogens with one attached hydrogen (secondary N) is 2. The maximum Gasteiger partial charge on any atom is 0.234 e. The normalized spacial score (nSPS) is 15.6. The number of alkyl halides is 6. The zero-order valence-corrected chi connectivity index (χ0v) is 14.2. The molecule has 0 aromatic carbocycles. The lowest BCUT2D eigenvalue weighted by atomic mass is 10.5. The molecule has 0 aromatic rings. The molecule has 2 atom stereocenters. The molecule has 0 aliphatic carbocycles. The number of hydrogen-bond acceptors (Lipinski definition) is 3. The van der Waals surface area contributed by atoms with Gasteiger partial charge in [0.2, 0.25) is 19.4 Å². The quantitative estimate of drug-likeness (QED) is 0.569. The molecule has 0 aliphatic rings. The van der Waals surface area contributed by atoms with E-state index in [1.165, 1.54) is 13.8 Å². The molecule has 19 heavy (non-hydrogen) atoms. The van der Waals surface area contributed by atoms with Crippen LogP contribution >= 0.6 is 69.6 Å². The van der Waals surface area contributed by atoms with Crippen molar-refractivity contribution in [1.82, 2.24) is 10.6 Å². The van der Waals surface area contributed by atoms with Crippen molar-refractivity contribution < 1.29 is 14.3 Å². The molecule has 112 valence electrons. The molecular formula is C8H10Cl6N2O3. The lowest BCUT2D eigenvalue weighted by molar-refractivity contribution is -0.130. The van der Waals surface area contributed by atoms with Crippen molar-refractivity contribution >= 4 is 81.4 Å². The minimum Gasteiger partial charge on any atom is -0.327 e. The summed E-state index contributed by atoms with van der Waals surface area (Å²) in [5, 5.41) is 4.42. The molecule has 0 fully saturated rings. The van der Waals surface area contributed by atoms with Gasteiger partial charge in [-0.25, -0.2) is 0 Å². The molecule has 2 amide bonds. The highest BCUT2D eigenvalue weighted by Gasteiger charge is 2.42. The molecule has 5 nitrogen and oxygen atoms in total. The van der Waals surface area contributed by atoms with E-state index in [0.717, 1.165) is 0 Å². The molecule has 0 heterocycles. The van der Waals surface area contributed by atoms with Gasteiger partial charge in [-0.3, -0.25) is 9.59 Å². The summed E-state index contributed by atoms with van der Waals surface area (Å²) in [6.07, 6.45) is -2.86. The monoisotopic (exact) mass is 392 g/mol. The van der Waals surface area contributed by atoms with Gasteiger partial charge in [0, 0.05) is 13.8 Å². The van der Waals surface area contributed by atoms with E-state index in [1.54, 1.807) is 0 Å². The minimum atomic E-state index is -2.03. The van der Waals surface area contributed by atoms with Crippen molar-refractivity contribution in [3.8, 4) is 0 Å². The van der Waals surface area contributed by atoms with E-state index in [9.17, 15) is 9.59 Å². The average Bonchev–Trinajstić information content (AvgIpc) is 2.10. The van der Waals surface area contributed by atoms with Gasteiger partial charge in [-0.1, -0.05) is 69.6 Å². The fourth-order valence-corrected chi connectivity index (χ4v) is 1.53. The molecule has 0 aromatic heterocycles. The molecule has 0 rings (SSSR count). The maximum absolute atomic E-state index is 11.0. The summed E-state index contributed by atoms with van der Waals surface area (Å²) in [7, 11) is 0. The summed E-state index contributed by atoms with van der Waals surface area (Å²) in [6, 6.07) is 0. The van der Waals surface area contributed by atoms with Crippen LogP contribution in [0.5, 0.6) is 0 Å². The van der Waals surface area contributed by atoms with Crippen molar-refractivity contribution in [2.45, 2.75) is 33.9 Å². The molecular weight excluding hydrogens is 385 g/mol. The van der Waals surface area contributed by atoms with E-state index in [0.29, 0.717) is 0 Å². The maximum atomic E-state index is 11.0. The highest BCUT2D eigenvalue weighted by Crippen LogP contribution is 2.36. The second-order valence-corrected chi connectivity index (χ2v) is 8.12. The van der Waals surface area contributed by atoms with Crippen LogP contribution in [-0.2, 0) is 14.3 Å². The zero-order valence-electron chi connectivity index (χ0n) is 9.65. The van der Waals surface area contributed by atoms with Crippen molar-refractivity contribution in [2.75, 3.05) is 0 Å².